The van der Waals surface area contributed by atoms with Crippen molar-refractivity contribution in [3.8, 4) is 0 Å². The third-order valence-corrected chi connectivity index (χ3v) is 9.49. The summed E-state index contributed by atoms with van der Waals surface area (Å²) in [7, 11) is 0. The maximum atomic E-state index is 13.5. The molecule has 1 aliphatic heterocycles. The number of hydrogen-bond donors (Lipinski definition) is 0. The van der Waals surface area contributed by atoms with Gasteiger partial charge in [0.05, 0.1) is 11.8 Å². The van der Waals surface area contributed by atoms with E-state index in [-0.39, 0.29) is 29.7 Å². The number of esters is 3. The number of hydrogen-bond acceptors (Lipinski definition) is 6. The van der Waals surface area contributed by atoms with E-state index in [1.807, 2.05) is 0 Å². The van der Waals surface area contributed by atoms with Crippen molar-refractivity contribution in [1.29, 1.82) is 0 Å². The molecule has 7 heteroatoms. The van der Waals surface area contributed by atoms with E-state index in [1.54, 1.807) is 0 Å². The van der Waals surface area contributed by atoms with Crippen LogP contribution in [0.2, 0.25) is 0 Å². The van der Waals surface area contributed by atoms with Crippen molar-refractivity contribution in [2.24, 2.45) is 47.3 Å². The number of halogens is 1. The summed E-state index contributed by atoms with van der Waals surface area (Å²) in [5.41, 5.74) is -0.434. The summed E-state index contributed by atoms with van der Waals surface area (Å²) in [5, 5.41) is 0. The first-order chi connectivity index (χ1) is 13.9. The first-order valence-electron chi connectivity index (χ1n) is 11.1. The lowest BCUT2D eigenvalue weighted by molar-refractivity contribution is -0.211. The summed E-state index contributed by atoms with van der Waals surface area (Å²) in [6, 6.07) is 0. The van der Waals surface area contributed by atoms with Crippen LogP contribution in [0.15, 0.2) is 0 Å². The molecule has 0 radical (unpaired) electrons. The van der Waals surface area contributed by atoms with E-state index >= 15 is 0 Å². The van der Waals surface area contributed by atoms with Crippen molar-refractivity contribution in [3.63, 3.8) is 0 Å². The molecular formula is C22H27ClO6. The Morgan fingerprint density at radius 3 is 2.34 bits per heavy atom. The van der Waals surface area contributed by atoms with Crippen LogP contribution < -0.4 is 0 Å². The fraction of sp³-hybridized carbons (Fsp3) is 0.864. The van der Waals surface area contributed by atoms with E-state index in [0.29, 0.717) is 18.3 Å². The van der Waals surface area contributed by atoms with Crippen molar-refractivity contribution in [2.75, 3.05) is 5.88 Å². The molecular weight excluding hydrogens is 396 g/mol. The molecule has 6 saturated carbocycles. The van der Waals surface area contributed by atoms with E-state index in [1.165, 1.54) is 6.42 Å². The summed E-state index contributed by atoms with van der Waals surface area (Å²) in [5.74, 6) is -0.313. The number of rotatable bonds is 4. The smallest absolute Gasteiger partial charge is 0.321 e. The second kappa shape index (κ2) is 6.12. The summed E-state index contributed by atoms with van der Waals surface area (Å²) >= 11 is 5.60. The Morgan fingerprint density at radius 2 is 1.72 bits per heavy atom. The number of carbonyl (C=O) groups is 3. The lowest BCUT2D eigenvalue weighted by atomic mass is 9.50. The summed E-state index contributed by atoms with van der Waals surface area (Å²) in [4.78, 5) is 37.8. The lowest BCUT2D eigenvalue weighted by Gasteiger charge is -2.59. The molecule has 6 atom stereocenters. The van der Waals surface area contributed by atoms with Crippen molar-refractivity contribution >= 4 is 29.5 Å². The summed E-state index contributed by atoms with van der Waals surface area (Å²) < 4.78 is 17.3. The monoisotopic (exact) mass is 422 g/mol. The van der Waals surface area contributed by atoms with E-state index in [4.69, 9.17) is 25.8 Å². The first kappa shape index (κ1) is 18.5. The Morgan fingerprint density at radius 1 is 1.07 bits per heavy atom. The summed E-state index contributed by atoms with van der Waals surface area (Å²) in [6.45, 7) is 2.12. The molecule has 7 rings (SSSR count). The molecule has 0 aromatic heterocycles. The minimum Gasteiger partial charge on any atom is -0.459 e. The van der Waals surface area contributed by atoms with Crippen LogP contribution in [0.1, 0.15) is 45.4 Å². The third-order valence-electron chi connectivity index (χ3n) is 9.27. The lowest BCUT2D eigenvalue weighted by Crippen LogP contribution is -2.59. The Hall–Kier alpha value is -1.30. The Balaban J connectivity index is 1.25. The van der Waals surface area contributed by atoms with Crippen LogP contribution in [0.25, 0.3) is 0 Å². The molecule has 6 unspecified atom stereocenters. The molecule has 0 spiro atoms. The highest BCUT2D eigenvalue weighted by Crippen LogP contribution is 2.62. The fourth-order valence-corrected chi connectivity index (χ4v) is 8.29. The fourth-order valence-electron chi connectivity index (χ4n) is 8.22. The molecule has 0 aromatic rings. The SMILES string of the molecule is CC1(OC(=O)C2C3CC4C(OC(=O)C42)C3OC(=O)CCl)C2CC3CC(C2)CC1C3. The van der Waals surface area contributed by atoms with Crippen LogP contribution >= 0.6 is 11.6 Å². The van der Waals surface area contributed by atoms with Crippen LogP contribution in [0.5, 0.6) is 0 Å². The van der Waals surface area contributed by atoms with Gasteiger partial charge in [-0.05, 0) is 69.1 Å². The zero-order chi connectivity index (χ0) is 20.1. The number of ether oxygens (including phenoxy) is 3. The van der Waals surface area contributed by atoms with E-state index in [9.17, 15) is 14.4 Å². The topological polar surface area (TPSA) is 78.9 Å². The maximum absolute atomic E-state index is 13.5. The molecule has 0 amide bonds. The maximum Gasteiger partial charge on any atom is 0.321 e. The summed E-state index contributed by atoms with van der Waals surface area (Å²) in [6.07, 6.45) is 5.58. The minimum absolute atomic E-state index is 0.0653. The highest BCUT2D eigenvalue weighted by atomic mass is 35.5. The zero-order valence-corrected chi connectivity index (χ0v) is 17.3. The van der Waals surface area contributed by atoms with Gasteiger partial charge in [-0.15, -0.1) is 11.6 Å². The third kappa shape index (κ3) is 2.44. The molecule has 7 aliphatic rings. The molecule has 6 nitrogen and oxygen atoms in total. The Kier molecular flexibility index (Phi) is 3.89. The van der Waals surface area contributed by atoms with Crippen LogP contribution in [-0.2, 0) is 28.6 Å². The standard InChI is InChI=1S/C22H27ClO6/c1-22(11-3-9-2-10(5-11)6-12(22)4-9)29-21(26)17-14-7-13-16(17)20(25)28-19(13)18(14)27-15(24)8-23/h9-14,16-19H,2-8H2,1H3. The van der Waals surface area contributed by atoms with Gasteiger partial charge in [-0.3, -0.25) is 14.4 Å². The molecule has 7 fully saturated rings. The zero-order valence-electron chi connectivity index (χ0n) is 16.6. The number of alkyl halides is 1. The van der Waals surface area contributed by atoms with Gasteiger partial charge < -0.3 is 14.2 Å². The van der Waals surface area contributed by atoms with Gasteiger partial charge in [-0.1, -0.05) is 0 Å². The van der Waals surface area contributed by atoms with Gasteiger partial charge in [0.2, 0.25) is 0 Å². The molecule has 0 aromatic carbocycles. The van der Waals surface area contributed by atoms with Crippen molar-refractivity contribution < 1.29 is 28.6 Å². The van der Waals surface area contributed by atoms with Crippen molar-refractivity contribution in [1.82, 2.24) is 0 Å². The van der Waals surface area contributed by atoms with Crippen LogP contribution in [0, 0.1) is 47.3 Å². The number of carbonyl (C=O) groups excluding carboxylic acids is 3. The molecule has 158 valence electrons. The van der Waals surface area contributed by atoms with E-state index in [0.717, 1.165) is 37.5 Å². The molecule has 29 heavy (non-hydrogen) atoms. The first-order valence-corrected chi connectivity index (χ1v) is 11.6. The average molecular weight is 423 g/mol. The Bertz CT molecular complexity index is 751. The van der Waals surface area contributed by atoms with Gasteiger partial charge in [0.1, 0.15) is 23.7 Å². The largest absolute Gasteiger partial charge is 0.459 e. The van der Waals surface area contributed by atoms with Crippen molar-refractivity contribution in [3.05, 3.63) is 0 Å². The second-order valence-corrected chi connectivity index (χ2v) is 10.8. The van der Waals surface area contributed by atoms with Gasteiger partial charge in [0.15, 0.2) is 0 Å². The van der Waals surface area contributed by atoms with Gasteiger partial charge in [-0.2, -0.15) is 0 Å². The van der Waals surface area contributed by atoms with Gasteiger partial charge in [0, 0.05) is 11.8 Å². The normalized spacial score (nSPS) is 53.2. The van der Waals surface area contributed by atoms with Crippen LogP contribution in [0.4, 0.5) is 0 Å². The predicted molar refractivity (Wildman–Crippen MR) is 101 cm³/mol. The van der Waals surface area contributed by atoms with Crippen LogP contribution in [-0.4, -0.2) is 41.6 Å². The molecule has 1 saturated heterocycles. The van der Waals surface area contributed by atoms with Crippen molar-refractivity contribution in [2.45, 2.75) is 63.3 Å². The Labute approximate surface area is 174 Å². The average Bonchev–Trinajstić information content (AvgIpc) is 3.29. The highest BCUT2D eigenvalue weighted by Gasteiger charge is 2.71. The van der Waals surface area contributed by atoms with E-state index < -0.39 is 35.6 Å². The molecule has 6 bridgehead atoms. The predicted octanol–water partition coefficient (Wildman–Crippen LogP) is 2.70. The number of fused-ring (bicyclic) bond motifs is 1. The van der Waals surface area contributed by atoms with Crippen LogP contribution in [0.3, 0.4) is 0 Å². The second-order valence-electron chi connectivity index (χ2n) is 10.5. The minimum atomic E-state index is -0.585. The van der Waals surface area contributed by atoms with Gasteiger partial charge >= 0.3 is 17.9 Å². The molecule has 6 aliphatic carbocycles. The molecule has 1 heterocycles. The molecule has 0 N–H and O–H groups in total. The van der Waals surface area contributed by atoms with E-state index in [2.05, 4.69) is 6.92 Å². The quantitative estimate of drug-likeness (QED) is 0.394. The van der Waals surface area contributed by atoms with Gasteiger partial charge in [-0.25, -0.2) is 0 Å². The highest BCUT2D eigenvalue weighted by molar-refractivity contribution is 6.26. The van der Waals surface area contributed by atoms with Gasteiger partial charge in [0.25, 0.3) is 0 Å².